The maximum atomic E-state index is 5.76. The van der Waals surface area contributed by atoms with E-state index >= 15 is 0 Å². The predicted molar refractivity (Wildman–Crippen MR) is 82.0 cm³/mol. The summed E-state index contributed by atoms with van der Waals surface area (Å²) in [5, 5.41) is 3.40. The van der Waals surface area contributed by atoms with Crippen LogP contribution in [0.4, 0.5) is 0 Å². The fraction of sp³-hybridized carbons (Fsp3) is 0.353. The number of hydrogen-bond acceptors (Lipinski definition) is 3. The molecule has 1 aromatic carbocycles. The normalized spacial score (nSPS) is 12.1. The highest BCUT2D eigenvalue weighted by Crippen LogP contribution is 2.17. The van der Waals surface area contributed by atoms with Gasteiger partial charge in [0, 0.05) is 24.9 Å². The third kappa shape index (κ3) is 4.35. The molecule has 0 saturated carbocycles. The second kappa shape index (κ2) is 7.65. The fourth-order valence-electron chi connectivity index (χ4n) is 2.11. The van der Waals surface area contributed by atoms with Crippen molar-refractivity contribution >= 4 is 0 Å². The van der Waals surface area contributed by atoms with Crippen molar-refractivity contribution in [1.29, 1.82) is 0 Å². The van der Waals surface area contributed by atoms with Crippen molar-refractivity contribution in [2.24, 2.45) is 0 Å². The molecule has 1 unspecified atom stereocenters. The second-order valence-corrected chi connectivity index (χ2v) is 4.81. The van der Waals surface area contributed by atoms with Gasteiger partial charge in [-0.2, -0.15) is 0 Å². The Morgan fingerprint density at radius 1 is 1.20 bits per heavy atom. The number of ether oxygens (including phenoxy) is 1. The summed E-state index contributed by atoms with van der Waals surface area (Å²) in [6, 6.07) is 12.7. The fourth-order valence-corrected chi connectivity index (χ4v) is 2.11. The summed E-state index contributed by atoms with van der Waals surface area (Å²) in [5.74, 6) is 0.918. The van der Waals surface area contributed by atoms with Crippen LogP contribution in [0.1, 0.15) is 31.0 Å². The van der Waals surface area contributed by atoms with Gasteiger partial charge in [0.2, 0.25) is 0 Å². The topological polar surface area (TPSA) is 34.1 Å². The van der Waals surface area contributed by atoms with E-state index in [0.29, 0.717) is 12.6 Å². The standard InChI is InChI=1S/C17H22N2O/c1-3-19-14(2)16-6-8-17(9-7-16)20-12-10-15-5-4-11-18-13-15/h4-9,11,13-14,19H,3,10,12H2,1-2H3. The van der Waals surface area contributed by atoms with Crippen LogP contribution in [-0.2, 0) is 6.42 Å². The predicted octanol–water partition coefficient (Wildman–Crippen LogP) is 3.37. The van der Waals surface area contributed by atoms with E-state index in [1.54, 1.807) is 6.20 Å². The Labute approximate surface area is 121 Å². The molecular weight excluding hydrogens is 248 g/mol. The molecule has 0 fully saturated rings. The second-order valence-electron chi connectivity index (χ2n) is 4.81. The Morgan fingerprint density at radius 3 is 2.65 bits per heavy atom. The number of hydrogen-bond donors (Lipinski definition) is 1. The summed E-state index contributed by atoms with van der Waals surface area (Å²) in [7, 11) is 0. The molecule has 2 aromatic rings. The molecule has 0 aliphatic heterocycles. The molecule has 3 heteroatoms. The monoisotopic (exact) mass is 270 g/mol. The first kappa shape index (κ1) is 14.5. The average Bonchev–Trinajstić information content (AvgIpc) is 2.49. The molecule has 0 aliphatic rings. The van der Waals surface area contributed by atoms with Gasteiger partial charge in [0.1, 0.15) is 5.75 Å². The number of aromatic nitrogens is 1. The van der Waals surface area contributed by atoms with E-state index in [9.17, 15) is 0 Å². The summed E-state index contributed by atoms with van der Waals surface area (Å²) in [6.45, 7) is 5.94. The maximum absolute atomic E-state index is 5.76. The van der Waals surface area contributed by atoms with Crippen LogP contribution in [0.2, 0.25) is 0 Å². The average molecular weight is 270 g/mol. The molecule has 0 saturated heterocycles. The van der Waals surface area contributed by atoms with Gasteiger partial charge < -0.3 is 10.1 Å². The van der Waals surface area contributed by atoms with Crippen molar-refractivity contribution < 1.29 is 4.74 Å². The minimum atomic E-state index is 0.379. The first-order valence-electron chi connectivity index (χ1n) is 7.14. The van der Waals surface area contributed by atoms with Gasteiger partial charge in [-0.05, 0) is 42.8 Å². The Kier molecular flexibility index (Phi) is 5.56. The lowest BCUT2D eigenvalue weighted by Crippen LogP contribution is -2.17. The molecule has 1 N–H and O–H groups in total. The van der Waals surface area contributed by atoms with E-state index in [1.165, 1.54) is 11.1 Å². The zero-order valence-electron chi connectivity index (χ0n) is 12.2. The number of nitrogens with one attached hydrogen (secondary N) is 1. The SMILES string of the molecule is CCNC(C)c1ccc(OCCc2cccnc2)cc1. The summed E-state index contributed by atoms with van der Waals surface area (Å²) >= 11 is 0. The molecule has 20 heavy (non-hydrogen) atoms. The zero-order valence-corrected chi connectivity index (χ0v) is 12.2. The Morgan fingerprint density at radius 2 is 2.00 bits per heavy atom. The lowest BCUT2D eigenvalue weighted by molar-refractivity contribution is 0.321. The van der Waals surface area contributed by atoms with Crippen LogP contribution in [0.3, 0.4) is 0 Å². The van der Waals surface area contributed by atoms with E-state index in [0.717, 1.165) is 18.7 Å². The van der Waals surface area contributed by atoms with Gasteiger partial charge >= 0.3 is 0 Å². The van der Waals surface area contributed by atoms with Crippen molar-refractivity contribution in [2.45, 2.75) is 26.3 Å². The highest BCUT2D eigenvalue weighted by Gasteiger charge is 2.03. The molecule has 0 amide bonds. The Bertz CT molecular complexity index is 496. The minimum Gasteiger partial charge on any atom is -0.493 e. The Hall–Kier alpha value is -1.87. The molecular formula is C17H22N2O. The summed E-state index contributed by atoms with van der Waals surface area (Å²) in [6.07, 6.45) is 4.54. The third-order valence-corrected chi connectivity index (χ3v) is 3.27. The molecule has 1 heterocycles. The number of benzene rings is 1. The molecule has 1 aromatic heterocycles. The number of rotatable bonds is 7. The van der Waals surface area contributed by atoms with Crippen LogP contribution in [0.25, 0.3) is 0 Å². The molecule has 0 radical (unpaired) electrons. The van der Waals surface area contributed by atoms with Gasteiger partial charge in [-0.3, -0.25) is 4.98 Å². The van der Waals surface area contributed by atoms with Crippen molar-refractivity contribution in [2.75, 3.05) is 13.2 Å². The third-order valence-electron chi connectivity index (χ3n) is 3.27. The smallest absolute Gasteiger partial charge is 0.119 e. The summed E-state index contributed by atoms with van der Waals surface area (Å²) < 4.78 is 5.76. The van der Waals surface area contributed by atoms with E-state index in [-0.39, 0.29) is 0 Å². The van der Waals surface area contributed by atoms with Crippen molar-refractivity contribution in [3.05, 3.63) is 59.9 Å². The lowest BCUT2D eigenvalue weighted by atomic mass is 10.1. The van der Waals surface area contributed by atoms with Gasteiger partial charge in [0.05, 0.1) is 6.61 Å². The highest BCUT2D eigenvalue weighted by atomic mass is 16.5. The van der Waals surface area contributed by atoms with Gasteiger partial charge in [0.15, 0.2) is 0 Å². The summed E-state index contributed by atoms with van der Waals surface area (Å²) in [5.41, 5.74) is 2.48. The van der Waals surface area contributed by atoms with Crippen LogP contribution in [0.5, 0.6) is 5.75 Å². The van der Waals surface area contributed by atoms with Crippen LogP contribution < -0.4 is 10.1 Å². The van der Waals surface area contributed by atoms with Crippen molar-refractivity contribution in [1.82, 2.24) is 10.3 Å². The quantitative estimate of drug-likeness (QED) is 0.837. The van der Waals surface area contributed by atoms with Crippen LogP contribution >= 0.6 is 0 Å². The Balaban J connectivity index is 1.82. The van der Waals surface area contributed by atoms with Gasteiger partial charge in [-0.15, -0.1) is 0 Å². The van der Waals surface area contributed by atoms with Crippen molar-refractivity contribution in [3.63, 3.8) is 0 Å². The molecule has 0 aliphatic carbocycles. The van der Waals surface area contributed by atoms with E-state index in [1.807, 2.05) is 24.4 Å². The zero-order chi connectivity index (χ0) is 14.2. The summed E-state index contributed by atoms with van der Waals surface area (Å²) in [4.78, 5) is 4.10. The van der Waals surface area contributed by atoms with Crippen LogP contribution in [0.15, 0.2) is 48.8 Å². The minimum absolute atomic E-state index is 0.379. The molecule has 0 spiro atoms. The lowest BCUT2D eigenvalue weighted by Gasteiger charge is -2.13. The molecule has 0 bridgehead atoms. The molecule has 3 nitrogen and oxygen atoms in total. The van der Waals surface area contributed by atoms with Gasteiger partial charge in [-0.25, -0.2) is 0 Å². The van der Waals surface area contributed by atoms with Gasteiger partial charge in [-0.1, -0.05) is 25.1 Å². The van der Waals surface area contributed by atoms with Gasteiger partial charge in [0.25, 0.3) is 0 Å². The highest BCUT2D eigenvalue weighted by molar-refractivity contribution is 5.29. The van der Waals surface area contributed by atoms with E-state index < -0.39 is 0 Å². The van der Waals surface area contributed by atoms with Crippen LogP contribution in [-0.4, -0.2) is 18.1 Å². The molecule has 2 rings (SSSR count). The van der Waals surface area contributed by atoms with Crippen LogP contribution in [0, 0.1) is 0 Å². The van der Waals surface area contributed by atoms with E-state index in [2.05, 4.69) is 42.3 Å². The first-order valence-corrected chi connectivity index (χ1v) is 7.14. The maximum Gasteiger partial charge on any atom is 0.119 e. The number of pyridine rings is 1. The van der Waals surface area contributed by atoms with Crippen molar-refractivity contribution in [3.8, 4) is 5.75 Å². The van der Waals surface area contributed by atoms with E-state index in [4.69, 9.17) is 4.74 Å². The largest absolute Gasteiger partial charge is 0.493 e. The first-order chi connectivity index (χ1) is 9.79. The molecule has 106 valence electrons. The number of nitrogens with zero attached hydrogens (tertiary/aromatic N) is 1. The molecule has 1 atom stereocenters.